The van der Waals surface area contributed by atoms with Crippen LogP contribution in [0.15, 0.2) is 66.7 Å². The van der Waals surface area contributed by atoms with Crippen LogP contribution in [0.3, 0.4) is 0 Å². The van der Waals surface area contributed by atoms with Crippen molar-refractivity contribution in [2.75, 3.05) is 0 Å². The standard InChI is InChI=1S/C11H10F6.C10H14O.C10H14.2C4H10/c1-6(2)7-3-8(10(12,13)14)5-9(4-7)11(15,16)17;1-8(2)10-6-4-3-5-9(10)7-11;1-8(2)10-6-4-9(3)5-7-10;2*1-4(2)3/h3-6H,1-2H3;3-6,8,11H,7H2,1-2H3;4-8H,1-3H3;2*4H,1-3H3. The summed E-state index contributed by atoms with van der Waals surface area (Å²) in [4.78, 5) is 0. The fourth-order valence-electron chi connectivity index (χ4n) is 3.51. The van der Waals surface area contributed by atoms with Crippen LogP contribution < -0.4 is 0 Å². The van der Waals surface area contributed by atoms with Crippen molar-refractivity contribution in [1.82, 2.24) is 0 Å². The van der Waals surface area contributed by atoms with Crippen molar-refractivity contribution in [3.63, 3.8) is 0 Å². The van der Waals surface area contributed by atoms with Gasteiger partial charge in [-0.3, -0.25) is 0 Å². The monoisotopic (exact) mass is 656 g/mol. The Kier molecular flexibility index (Phi) is 21.6. The second-order valence-electron chi connectivity index (χ2n) is 13.5. The van der Waals surface area contributed by atoms with Gasteiger partial charge in [0, 0.05) is 0 Å². The van der Waals surface area contributed by atoms with Crippen molar-refractivity contribution in [2.45, 2.75) is 127 Å². The minimum atomic E-state index is -4.77. The Morgan fingerprint density at radius 2 is 0.891 bits per heavy atom. The van der Waals surface area contributed by atoms with Crippen LogP contribution in [0, 0.1) is 18.8 Å². The van der Waals surface area contributed by atoms with Gasteiger partial charge in [0.15, 0.2) is 0 Å². The molecule has 7 heteroatoms. The molecule has 3 aromatic rings. The van der Waals surface area contributed by atoms with Gasteiger partial charge >= 0.3 is 12.4 Å². The summed E-state index contributed by atoms with van der Waals surface area (Å²) in [5.74, 6) is 2.41. The first-order chi connectivity index (χ1) is 20.9. The Hall–Kier alpha value is -2.80. The normalized spacial score (nSPS) is 11.2. The van der Waals surface area contributed by atoms with Crippen LogP contribution in [0.25, 0.3) is 0 Å². The van der Waals surface area contributed by atoms with Crippen LogP contribution in [-0.4, -0.2) is 5.11 Å². The SMILES string of the molecule is CC(C)C.CC(C)C.CC(C)c1cc(C(F)(F)F)cc(C(F)(F)F)c1.CC(C)c1ccccc1CO.Cc1ccc(C(C)C)cc1. The maximum atomic E-state index is 12.4. The maximum absolute atomic E-state index is 12.4. The molecule has 0 spiro atoms. The van der Waals surface area contributed by atoms with Gasteiger partial charge in [-0.1, -0.05) is 137 Å². The molecule has 0 saturated carbocycles. The van der Waals surface area contributed by atoms with Gasteiger partial charge in [0.25, 0.3) is 0 Å². The number of aliphatic hydroxyl groups excluding tert-OH is 1. The molecule has 46 heavy (non-hydrogen) atoms. The summed E-state index contributed by atoms with van der Waals surface area (Å²) in [5.41, 5.74) is 2.53. The van der Waals surface area contributed by atoms with Gasteiger partial charge in [0.05, 0.1) is 17.7 Å². The minimum absolute atomic E-state index is 0.0205. The number of hydrogen-bond acceptors (Lipinski definition) is 1. The summed E-state index contributed by atoms with van der Waals surface area (Å²) in [6.07, 6.45) is -9.55. The van der Waals surface area contributed by atoms with Crippen LogP contribution in [-0.2, 0) is 19.0 Å². The summed E-state index contributed by atoms with van der Waals surface area (Å²) in [5, 5.41) is 8.97. The molecule has 3 rings (SSSR count). The quantitative estimate of drug-likeness (QED) is 0.277. The number of halogens is 6. The summed E-state index contributed by atoms with van der Waals surface area (Å²) >= 11 is 0. The van der Waals surface area contributed by atoms with Crippen molar-refractivity contribution in [3.8, 4) is 0 Å². The summed E-state index contributed by atoms with van der Waals surface area (Å²) in [6.45, 7) is 27.0. The topological polar surface area (TPSA) is 20.2 Å². The van der Waals surface area contributed by atoms with Crippen LogP contribution in [0.1, 0.15) is 140 Å². The van der Waals surface area contributed by atoms with Crippen LogP contribution in [0.2, 0.25) is 0 Å². The number of hydrogen-bond donors (Lipinski definition) is 1. The van der Waals surface area contributed by atoms with Gasteiger partial charge in [-0.2, -0.15) is 26.3 Å². The summed E-state index contributed by atoms with van der Waals surface area (Å²) in [7, 11) is 0. The Labute approximate surface area is 275 Å². The van der Waals surface area contributed by atoms with Crippen LogP contribution in [0.5, 0.6) is 0 Å². The van der Waals surface area contributed by atoms with E-state index in [0.29, 0.717) is 11.8 Å². The first kappa shape index (κ1) is 45.3. The van der Waals surface area contributed by atoms with E-state index < -0.39 is 29.4 Å². The molecule has 0 aliphatic heterocycles. The number of aliphatic hydroxyl groups is 1. The third-order valence-corrected chi connectivity index (χ3v) is 5.87. The second-order valence-corrected chi connectivity index (χ2v) is 13.5. The highest BCUT2D eigenvalue weighted by Gasteiger charge is 2.37. The van der Waals surface area contributed by atoms with E-state index >= 15 is 0 Å². The Morgan fingerprint density at radius 3 is 1.17 bits per heavy atom. The lowest BCUT2D eigenvalue weighted by Gasteiger charge is -2.15. The highest BCUT2D eigenvalue weighted by Crippen LogP contribution is 2.37. The lowest BCUT2D eigenvalue weighted by molar-refractivity contribution is -0.143. The Balaban J connectivity index is 0. The first-order valence-corrected chi connectivity index (χ1v) is 16.0. The highest BCUT2D eigenvalue weighted by molar-refractivity contribution is 5.35. The molecule has 0 bridgehead atoms. The average Bonchev–Trinajstić information content (AvgIpc) is 2.92. The molecule has 0 atom stereocenters. The van der Waals surface area contributed by atoms with E-state index in [1.54, 1.807) is 0 Å². The van der Waals surface area contributed by atoms with Gasteiger partial charge < -0.3 is 5.11 Å². The number of aryl methyl sites for hydroxylation is 1. The Morgan fingerprint density at radius 1 is 0.522 bits per heavy atom. The molecular formula is C39H58F6O. The molecular weight excluding hydrogens is 598 g/mol. The van der Waals surface area contributed by atoms with E-state index in [9.17, 15) is 26.3 Å². The molecule has 0 unspecified atom stereocenters. The molecule has 0 aliphatic rings. The number of alkyl halides is 6. The van der Waals surface area contributed by atoms with Crippen molar-refractivity contribution >= 4 is 0 Å². The van der Waals surface area contributed by atoms with Gasteiger partial charge in [0.1, 0.15) is 0 Å². The Bertz CT molecular complexity index is 1160. The molecule has 1 N–H and O–H groups in total. The third kappa shape index (κ3) is 21.1. The summed E-state index contributed by atoms with van der Waals surface area (Å²) in [6, 6.07) is 18.3. The zero-order valence-electron chi connectivity index (χ0n) is 30.2. The molecule has 0 fully saturated rings. The molecule has 0 amide bonds. The molecule has 3 aromatic carbocycles. The number of benzene rings is 3. The lowest BCUT2D eigenvalue weighted by atomic mass is 9.97. The maximum Gasteiger partial charge on any atom is 0.416 e. The van der Waals surface area contributed by atoms with E-state index in [-0.39, 0.29) is 18.2 Å². The lowest BCUT2D eigenvalue weighted by Crippen LogP contribution is -2.12. The van der Waals surface area contributed by atoms with Gasteiger partial charge in [-0.15, -0.1) is 0 Å². The van der Waals surface area contributed by atoms with Gasteiger partial charge in [-0.25, -0.2) is 0 Å². The van der Waals surface area contributed by atoms with Gasteiger partial charge in [0.2, 0.25) is 0 Å². The first-order valence-electron chi connectivity index (χ1n) is 16.0. The molecule has 262 valence electrons. The molecule has 0 radical (unpaired) electrons. The van der Waals surface area contributed by atoms with E-state index in [0.717, 1.165) is 29.5 Å². The fraction of sp³-hybridized carbons (Fsp3) is 0.538. The fourth-order valence-corrected chi connectivity index (χ4v) is 3.51. The van der Waals surface area contributed by atoms with Crippen LogP contribution >= 0.6 is 0 Å². The molecule has 0 aliphatic carbocycles. The van der Waals surface area contributed by atoms with Crippen molar-refractivity contribution in [2.24, 2.45) is 11.8 Å². The second kappa shape index (κ2) is 21.9. The average molecular weight is 657 g/mol. The minimum Gasteiger partial charge on any atom is -0.392 e. The third-order valence-electron chi connectivity index (χ3n) is 5.87. The molecule has 0 aromatic heterocycles. The summed E-state index contributed by atoms with van der Waals surface area (Å²) < 4.78 is 74.6. The van der Waals surface area contributed by atoms with E-state index in [2.05, 4.69) is 106 Å². The predicted molar refractivity (Wildman–Crippen MR) is 183 cm³/mol. The van der Waals surface area contributed by atoms with Crippen molar-refractivity contribution in [1.29, 1.82) is 0 Å². The molecule has 1 nitrogen and oxygen atoms in total. The molecule has 0 heterocycles. The van der Waals surface area contributed by atoms with Crippen LogP contribution in [0.4, 0.5) is 26.3 Å². The zero-order valence-corrected chi connectivity index (χ0v) is 30.2. The highest BCUT2D eigenvalue weighted by atomic mass is 19.4. The van der Waals surface area contributed by atoms with Crippen molar-refractivity contribution < 1.29 is 31.4 Å². The number of rotatable bonds is 4. The van der Waals surface area contributed by atoms with E-state index in [1.165, 1.54) is 30.5 Å². The smallest absolute Gasteiger partial charge is 0.392 e. The zero-order chi connectivity index (χ0) is 36.4. The van der Waals surface area contributed by atoms with E-state index in [1.807, 2.05) is 18.2 Å². The van der Waals surface area contributed by atoms with Gasteiger partial charge in [-0.05, 0) is 77.0 Å². The van der Waals surface area contributed by atoms with Crippen molar-refractivity contribution in [3.05, 3.63) is 106 Å². The largest absolute Gasteiger partial charge is 0.416 e. The van der Waals surface area contributed by atoms with E-state index in [4.69, 9.17) is 5.11 Å². The predicted octanol–water partition coefficient (Wildman–Crippen LogP) is 13.6. The molecule has 0 saturated heterocycles.